The molecule has 0 N–H and O–H groups in total. The molecule has 0 spiro atoms. The predicted octanol–water partition coefficient (Wildman–Crippen LogP) is 2.70. The van der Waals surface area contributed by atoms with E-state index in [1.165, 1.54) is 15.8 Å². The van der Waals surface area contributed by atoms with Crippen LogP contribution in [0.15, 0.2) is 24.5 Å². The molecule has 5 rings (SSSR count). The van der Waals surface area contributed by atoms with Crippen LogP contribution in [0, 0.1) is 6.92 Å². The molecule has 0 saturated heterocycles. The van der Waals surface area contributed by atoms with Gasteiger partial charge in [-0.1, -0.05) is 0 Å². The van der Waals surface area contributed by atoms with Crippen molar-refractivity contribution in [3.05, 3.63) is 40.8 Å². The lowest BCUT2D eigenvalue weighted by atomic mass is 10.1. The summed E-state index contributed by atoms with van der Waals surface area (Å²) in [6.45, 7) is 4.05. The van der Waals surface area contributed by atoms with E-state index in [9.17, 15) is 0 Å². The molecule has 5 heterocycles. The second-order valence-corrected chi connectivity index (χ2v) is 7.33. The minimum absolute atomic E-state index is 0.702. The number of likely N-dealkylation sites (N-methyl/N-ethyl adjacent to an activating group) is 1. The maximum Gasteiger partial charge on any atom is 0.183 e. The van der Waals surface area contributed by atoms with Crippen LogP contribution in [0.4, 0.5) is 0 Å². The molecule has 120 valence electrons. The van der Waals surface area contributed by atoms with Crippen LogP contribution in [0.3, 0.4) is 0 Å². The maximum absolute atomic E-state index is 4.84. The summed E-state index contributed by atoms with van der Waals surface area (Å²) in [6.07, 6.45) is 4.60. The molecule has 0 aliphatic carbocycles. The largest absolute Gasteiger partial charge is 0.301 e. The molecular formula is C17H16N6S. The summed E-state index contributed by atoms with van der Waals surface area (Å²) < 4.78 is 1.87. The predicted molar refractivity (Wildman–Crippen MR) is 94.2 cm³/mol. The van der Waals surface area contributed by atoms with Gasteiger partial charge in [0.2, 0.25) is 0 Å². The summed E-state index contributed by atoms with van der Waals surface area (Å²) in [7, 11) is 2.17. The maximum atomic E-state index is 4.84. The van der Waals surface area contributed by atoms with Crippen molar-refractivity contribution >= 4 is 27.2 Å². The quantitative estimate of drug-likeness (QED) is 0.535. The molecule has 7 heteroatoms. The number of fused-ring (bicyclic) bond motifs is 5. The van der Waals surface area contributed by atoms with Crippen molar-refractivity contribution in [2.24, 2.45) is 0 Å². The number of aryl methyl sites for hydroxylation is 1. The van der Waals surface area contributed by atoms with Crippen molar-refractivity contribution < 1.29 is 0 Å². The number of hydrogen-bond donors (Lipinski definition) is 0. The van der Waals surface area contributed by atoms with Crippen molar-refractivity contribution in [2.45, 2.75) is 19.9 Å². The van der Waals surface area contributed by atoms with Gasteiger partial charge in [-0.05, 0) is 38.1 Å². The Morgan fingerprint density at radius 2 is 2.17 bits per heavy atom. The highest BCUT2D eigenvalue weighted by molar-refractivity contribution is 7.19. The topological polar surface area (TPSA) is 59.2 Å². The molecular weight excluding hydrogens is 320 g/mol. The average Bonchev–Trinajstić information content (AvgIpc) is 3.16. The molecule has 4 aromatic rings. The van der Waals surface area contributed by atoms with Crippen LogP contribution in [0.1, 0.15) is 16.3 Å². The highest BCUT2D eigenvalue weighted by Gasteiger charge is 2.23. The van der Waals surface area contributed by atoms with E-state index >= 15 is 0 Å². The van der Waals surface area contributed by atoms with E-state index in [-0.39, 0.29) is 0 Å². The Kier molecular flexibility index (Phi) is 2.95. The fraction of sp³-hybridized carbons (Fsp3) is 0.294. The highest BCUT2D eigenvalue weighted by Crippen LogP contribution is 2.36. The normalized spacial score (nSPS) is 15.2. The van der Waals surface area contributed by atoms with E-state index in [0.29, 0.717) is 5.82 Å². The fourth-order valence-electron chi connectivity index (χ4n) is 3.34. The molecule has 0 saturated carbocycles. The SMILES string of the molecule is Cc1nc2sc3c(c2c2nc(-c4cccnc4)nn12)CCN(C)C3. The zero-order chi connectivity index (χ0) is 16.3. The second kappa shape index (κ2) is 5.06. The summed E-state index contributed by atoms with van der Waals surface area (Å²) in [6, 6.07) is 3.89. The Balaban J connectivity index is 1.82. The Morgan fingerprint density at radius 1 is 1.25 bits per heavy atom. The fourth-order valence-corrected chi connectivity index (χ4v) is 4.68. The first-order valence-electron chi connectivity index (χ1n) is 7.97. The van der Waals surface area contributed by atoms with Crippen LogP contribution in [-0.2, 0) is 13.0 Å². The van der Waals surface area contributed by atoms with Crippen LogP contribution in [0.2, 0.25) is 0 Å². The minimum Gasteiger partial charge on any atom is -0.301 e. The second-order valence-electron chi connectivity index (χ2n) is 6.24. The molecule has 1 aliphatic heterocycles. The molecule has 1 aliphatic rings. The molecule has 0 aromatic carbocycles. The van der Waals surface area contributed by atoms with Gasteiger partial charge in [0.05, 0.1) is 5.39 Å². The summed E-state index contributed by atoms with van der Waals surface area (Å²) in [4.78, 5) is 18.6. The van der Waals surface area contributed by atoms with E-state index in [4.69, 9.17) is 9.97 Å². The van der Waals surface area contributed by atoms with E-state index in [1.54, 1.807) is 23.7 Å². The van der Waals surface area contributed by atoms with E-state index in [1.807, 2.05) is 23.6 Å². The molecule has 0 amide bonds. The van der Waals surface area contributed by atoms with E-state index in [0.717, 1.165) is 41.4 Å². The van der Waals surface area contributed by atoms with Gasteiger partial charge in [0.1, 0.15) is 10.7 Å². The number of rotatable bonds is 1. The Labute approximate surface area is 142 Å². The summed E-state index contributed by atoms with van der Waals surface area (Å²) in [5.74, 6) is 1.57. The van der Waals surface area contributed by atoms with Gasteiger partial charge in [-0.2, -0.15) is 4.52 Å². The Bertz CT molecular complexity index is 1070. The lowest BCUT2D eigenvalue weighted by Gasteiger charge is -2.21. The number of thiophene rings is 1. The molecule has 0 atom stereocenters. The molecule has 24 heavy (non-hydrogen) atoms. The number of aromatic nitrogens is 5. The van der Waals surface area contributed by atoms with Gasteiger partial charge < -0.3 is 4.90 Å². The van der Waals surface area contributed by atoms with Gasteiger partial charge in [-0.25, -0.2) is 9.97 Å². The van der Waals surface area contributed by atoms with Crippen LogP contribution in [0.25, 0.3) is 27.3 Å². The zero-order valence-electron chi connectivity index (χ0n) is 13.5. The third-order valence-electron chi connectivity index (χ3n) is 4.55. The Morgan fingerprint density at radius 3 is 3.00 bits per heavy atom. The molecule has 0 radical (unpaired) electrons. The van der Waals surface area contributed by atoms with Gasteiger partial charge in [-0.3, -0.25) is 4.98 Å². The van der Waals surface area contributed by atoms with Crippen molar-refractivity contribution in [1.29, 1.82) is 0 Å². The molecule has 0 bridgehead atoms. The van der Waals surface area contributed by atoms with Gasteiger partial charge in [-0.15, -0.1) is 16.4 Å². The van der Waals surface area contributed by atoms with Crippen LogP contribution in [0.5, 0.6) is 0 Å². The highest BCUT2D eigenvalue weighted by atomic mass is 32.1. The van der Waals surface area contributed by atoms with Crippen molar-refractivity contribution in [2.75, 3.05) is 13.6 Å². The first-order chi connectivity index (χ1) is 11.7. The average molecular weight is 336 g/mol. The van der Waals surface area contributed by atoms with Gasteiger partial charge in [0.15, 0.2) is 11.5 Å². The number of hydrogen-bond acceptors (Lipinski definition) is 6. The first kappa shape index (κ1) is 14.0. The van der Waals surface area contributed by atoms with Crippen LogP contribution >= 0.6 is 11.3 Å². The molecule has 0 fully saturated rings. The molecule has 0 unspecified atom stereocenters. The van der Waals surface area contributed by atoms with Gasteiger partial charge >= 0.3 is 0 Å². The smallest absolute Gasteiger partial charge is 0.183 e. The van der Waals surface area contributed by atoms with Gasteiger partial charge in [0.25, 0.3) is 0 Å². The summed E-state index contributed by atoms with van der Waals surface area (Å²) in [5, 5.41) is 5.85. The summed E-state index contributed by atoms with van der Waals surface area (Å²) in [5.41, 5.74) is 3.24. The van der Waals surface area contributed by atoms with E-state index in [2.05, 4.69) is 22.0 Å². The lowest BCUT2D eigenvalue weighted by Crippen LogP contribution is -2.25. The van der Waals surface area contributed by atoms with E-state index < -0.39 is 0 Å². The lowest BCUT2D eigenvalue weighted by molar-refractivity contribution is 0.318. The third kappa shape index (κ3) is 1.98. The number of nitrogens with zero attached hydrogens (tertiary/aromatic N) is 6. The Hall–Kier alpha value is -2.38. The summed E-state index contributed by atoms with van der Waals surface area (Å²) >= 11 is 1.79. The third-order valence-corrected chi connectivity index (χ3v) is 5.66. The van der Waals surface area contributed by atoms with Crippen LogP contribution in [-0.4, -0.2) is 43.1 Å². The van der Waals surface area contributed by atoms with Gasteiger partial charge in [0, 0.05) is 35.9 Å². The van der Waals surface area contributed by atoms with Crippen molar-refractivity contribution in [1.82, 2.24) is 29.5 Å². The van der Waals surface area contributed by atoms with Crippen LogP contribution < -0.4 is 0 Å². The molecule has 4 aromatic heterocycles. The standard InChI is InChI=1S/C17H16N6S/c1-10-19-17-14(12-5-7-22(2)9-13(12)24-17)16-20-15(21-23(10)16)11-4-3-6-18-8-11/h3-4,6,8H,5,7,9H2,1-2H3. The minimum atomic E-state index is 0.702. The monoisotopic (exact) mass is 336 g/mol. The number of pyridine rings is 1. The zero-order valence-corrected chi connectivity index (χ0v) is 14.3. The van der Waals surface area contributed by atoms with Crippen molar-refractivity contribution in [3.8, 4) is 11.4 Å². The first-order valence-corrected chi connectivity index (χ1v) is 8.79. The molecule has 6 nitrogen and oxygen atoms in total. The van der Waals surface area contributed by atoms with Crippen molar-refractivity contribution in [3.63, 3.8) is 0 Å².